The van der Waals surface area contributed by atoms with Gasteiger partial charge in [0.2, 0.25) is 5.91 Å². The fourth-order valence-electron chi connectivity index (χ4n) is 1.95. The molecule has 0 bridgehead atoms. The van der Waals surface area contributed by atoms with Crippen molar-refractivity contribution < 1.29 is 19.3 Å². The van der Waals surface area contributed by atoms with Gasteiger partial charge in [-0.25, -0.2) is 4.57 Å². The van der Waals surface area contributed by atoms with E-state index < -0.39 is 23.5 Å². The number of aromatic nitrogens is 1. The van der Waals surface area contributed by atoms with Crippen LogP contribution >= 0.6 is 0 Å². The molecule has 0 aliphatic carbocycles. The Balaban J connectivity index is 2.15. The number of nitrogens with one attached hydrogen (secondary N) is 1. The normalized spacial score (nSPS) is 27.8. The molecule has 6 heteroatoms. The van der Waals surface area contributed by atoms with Crippen molar-refractivity contribution in [3.05, 3.63) is 30.6 Å². The van der Waals surface area contributed by atoms with Gasteiger partial charge in [-0.05, 0) is 0 Å². The number of amides is 1. The maximum Gasteiger partial charge on any atom is 0.247 e. The van der Waals surface area contributed by atoms with E-state index in [0.29, 0.717) is 0 Å². The maximum atomic E-state index is 11.7. The van der Waals surface area contributed by atoms with E-state index in [-0.39, 0.29) is 13.0 Å². The number of aliphatic carboxylic acids is 1. The van der Waals surface area contributed by atoms with Crippen LogP contribution in [-0.2, 0) is 16.1 Å². The van der Waals surface area contributed by atoms with E-state index in [2.05, 4.69) is 5.32 Å². The Bertz CT molecular complexity index is 449. The Morgan fingerprint density at radius 3 is 2.71 bits per heavy atom. The lowest BCUT2D eigenvalue weighted by Crippen LogP contribution is -2.57. The summed E-state index contributed by atoms with van der Waals surface area (Å²) in [5.41, 5.74) is 4.74. The summed E-state index contributed by atoms with van der Waals surface area (Å²) in [6, 6.07) is 4.47. The average Bonchev–Trinajstić information content (AvgIpc) is 2.57. The summed E-state index contributed by atoms with van der Waals surface area (Å²) in [5, 5.41) is 13.0. The molecule has 0 aromatic carbocycles. The molecule has 6 nitrogen and oxygen atoms in total. The SMILES string of the molecule is N[C@]1(C[n+]2ccccc2)C[C@H](C(=O)[O-])NC1=O. The third kappa shape index (κ3) is 2.26. The van der Waals surface area contributed by atoms with Crippen LogP contribution in [0.15, 0.2) is 30.6 Å². The number of carboxylic acid groups (broad SMARTS) is 1. The van der Waals surface area contributed by atoms with Crippen molar-refractivity contribution in [3.8, 4) is 0 Å². The van der Waals surface area contributed by atoms with Gasteiger partial charge in [0.15, 0.2) is 24.5 Å². The van der Waals surface area contributed by atoms with E-state index in [1.165, 1.54) is 0 Å². The third-order valence-corrected chi connectivity index (χ3v) is 2.85. The van der Waals surface area contributed by atoms with Gasteiger partial charge in [-0.15, -0.1) is 0 Å². The molecule has 0 saturated carbocycles. The standard InChI is InChI=1S/C11H13N3O3/c12-11(7-14-4-2-1-3-5-14)6-8(9(15)16)13-10(11)17/h1-5,8H,6-7,12H2,(H-,13,15,16,17)/t8-,11+/m1/s1. The molecule has 1 aromatic heterocycles. The van der Waals surface area contributed by atoms with Crippen LogP contribution < -0.4 is 20.7 Å². The van der Waals surface area contributed by atoms with Gasteiger partial charge in [-0.3, -0.25) is 4.79 Å². The summed E-state index contributed by atoms with van der Waals surface area (Å²) in [4.78, 5) is 22.4. The molecule has 17 heavy (non-hydrogen) atoms. The lowest BCUT2D eigenvalue weighted by molar-refractivity contribution is -0.701. The first-order chi connectivity index (χ1) is 8.01. The van der Waals surface area contributed by atoms with Crippen LogP contribution in [0.3, 0.4) is 0 Å². The van der Waals surface area contributed by atoms with Crippen molar-refractivity contribution in [2.24, 2.45) is 5.73 Å². The number of pyridine rings is 1. The quantitative estimate of drug-likeness (QED) is 0.557. The van der Waals surface area contributed by atoms with Crippen molar-refractivity contribution in [1.82, 2.24) is 5.32 Å². The number of hydrogen-bond donors (Lipinski definition) is 2. The lowest BCUT2D eigenvalue weighted by Gasteiger charge is -2.16. The molecule has 1 aliphatic rings. The van der Waals surface area contributed by atoms with Crippen LogP contribution in [0.4, 0.5) is 0 Å². The number of nitrogens with zero attached hydrogens (tertiary/aromatic N) is 1. The van der Waals surface area contributed by atoms with Gasteiger partial charge in [-0.1, -0.05) is 6.07 Å². The highest BCUT2D eigenvalue weighted by atomic mass is 16.4. The van der Waals surface area contributed by atoms with Gasteiger partial charge < -0.3 is 21.0 Å². The van der Waals surface area contributed by atoms with Crippen LogP contribution in [0, 0.1) is 0 Å². The highest BCUT2D eigenvalue weighted by Gasteiger charge is 2.47. The zero-order valence-corrected chi connectivity index (χ0v) is 9.13. The molecule has 3 N–H and O–H groups in total. The zero-order valence-electron chi connectivity index (χ0n) is 9.13. The fourth-order valence-corrected chi connectivity index (χ4v) is 1.95. The summed E-state index contributed by atoms with van der Waals surface area (Å²) < 4.78 is 1.75. The Hall–Kier alpha value is -1.95. The number of carbonyl (C=O) groups excluding carboxylic acids is 2. The summed E-state index contributed by atoms with van der Waals surface area (Å²) in [7, 11) is 0. The van der Waals surface area contributed by atoms with Crippen LogP contribution in [0.1, 0.15) is 6.42 Å². The maximum absolute atomic E-state index is 11.7. The minimum absolute atomic E-state index is 0.0378. The van der Waals surface area contributed by atoms with E-state index in [9.17, 15) is 14.7 Å². The van der Waals surface area contributed by atoms with E-state index in [1.54, 1.807) is 17.0 Å². The summed E-state index contributed by atoms with van der Waals surface area (Å²) in [6.45, 7) is 0.240. The van der Waals surface area contributed by atoms with Crippen molar-refractivity contribution in [2.45, 2.75) is 24.5 Å². The van der Waals surface area contributed by atoms with Crippen LogP contribution in [0.2, 0.25) is 0 Å². The van der Waals surface area contributed by atoms with Gasteiger partial charge in [-0.2, -0.15) is 0 Å². The second-order valence-electron chi connectivity index (χ2n) is 4.25. The number of carbonyl (C=O) groups is 2. The summed E-state index contributed by atoms with van der Waals surface area (Å²) >= 11 is 0. The second-order valence-corrected chi connectivity index (χ2v) is 4.25. The second kappa shape index (κ2) is 4.14. The minimum atomic E-state index is -1.30. The smallest absolute Gasteiger partial charge is 0.247 e. The highest BCUT2D eigenvalue weighted by molar-refractivity contribution is 5.93. The Morgan fingerprint density at radius 1 is 1.53 bits per heavy atom. The molecule has 0 unspecified atom stereocenters. The zero-order chi connectivity index (χ0) is 12.5. The Kier molecular flexibility index (Phi) is 2.81. The lowest BCUT2D eigenvalue weighted by atomic mass is 9.96. The van der Waals surface area contributed by atoms with Crippen molar-refractivity contribution in [1.29, 1.82) is 0 Å². The molecule has 0 spiro atoms. The van der Waals surface area contributed by atoms with Crippen molar-refractivity contribution >= 4 is 11.9 Å². The van der Waals surface area contributed by atoms with Crippen LogP contribution in [0.25, 0.3) is 0 Å². The largest absolute Gasteiger partial charge is 0.548 e. The topological polar surface area (TPSA) is 99.1 Å². The Morgan fingerprint density at radius 2 is 2.18 bits per heavy atom. The van der Waals surface area contributed by atoms with Crippen LogP contribution in [-0.4, -0.2) is 23.5 Å². The van der Waals surface area contributed by atoms with Crippen LogP contribution in [0.5, 0.6) is 0 Å². The molecule has 1 aliphatic heterocycles. The molecule has 90 valence electrons. The van der Waals surface area contributed by atoms with E-state index in [1.807, 2.05) is 18.2 Å². The molecular formula is C11H13N3O3. The number of hydrogen-bond acceptors (Lipinski definition) is 4. The molecule has 1 saturated heterocycles. The molecular weight excluding hydrogens is 222 g/mol. The minimum Gasteiger partial charge on any atom is -0.548 e. The van der Waals surface area contributed by atoms with E-state index in [0.717, 1.165) is 0 Å². The Labute approximate surface area is 98.1 Å². The van der Waals surface area contributed by atoms with E-state index in [4.69, 9.17) is 5.73 Å². The first-order valence-electron chi connectivity index (χ1n) is 5.26. The van der Waals surface area contributed by atoms with Gasteiger partial charge in [0.05, 0.1) is 12.0 Å². The molecule has 2 heterocycles. The monoisotopic (exact) mass is 235 g/mol. The molecule has 1 aromatic rings. The summed E-state index contributed by atoms with van der Waals surface area (Å²) in [5.74, 6) is -1.76. The fraction of sp³-hybridized carbons (Fsp3) is 0.364. The molecule has 0 radical (unpaired) electrons. The predicted octanol–water partition coefficient (Wildman–Crippen LogP) is -2.69. The van der Waals surface area contributed by atoms with E-state index >= 15 is 0 Å². The predicted molar refractivity (Wildman–Crippen MR) is 55.1 cm³/mol. The van der Waals surface area contributed by atoms with Gasteiger partial charge in [0, 0.05) is 18.6 Å². The third-order valence-electron chi connectivity index (χ3n) is 2.85. The molecule has 1 fully saturated rings. The molecule has 2 rings (SSSR count). The first kappa shape index (κ1) is 11.5. The van der Waals surface area contributed by atoms with Crippen molar-refractivity contribution in [2.75, 3.05) is 0 Å². The number of carboxylic acids is 1. The molecule has 1 amide bonds. The summed E-state index contributed by atoms with van der Waals surface area (Å²) in [6.07, 6.45) is 3.58. The first-order valence-corrected chi connectivity index (χ1v) is 5.26. The molecule has 2 atom stereocenters. The number of rotatable bonds is 3. The van der Waals surface area contributed by atoms with Gasteiger partial charge in [0.25, 0.3) is 0 Å². The van der Waals surface area contributed by atoms with Gasteiger partial charge >= 0.3 is 0 Å². The average molecular weight is 235 g/mol. The highest BCUT2D eigenvalue weighted by Crippen LogP contribution is 2.18. The number of nitrogens with two attached hydrogens (primary N) is 1. The van der Waals surface area contributed by atoms with Crippen molar-refractivity contribution in [3.63, 3.8) is 0 Å². The van der Waals surface area contributed by atoms with Gasteiger partial charge in [0.1, 0.15) is 0 Å².